The van der Waals surface area contributed by atoms with Crippen LogP contribution in [0, 0.1) is 5.92 Å². The van der Waals surface area contributed by atoms with Gasteiger partial charge >= 0.3 is 0 Å². The van der Waals surface area contributed by atoms with E-state index >= 15 is 0 Å². The first-order valence-corrected chi connectivity index (χ1v) is 7.20. The molecule has 1 aliphatic rings. The van der Waals surface area contributed by atoms with Crippen molar-refractivity contribution >= 4 is 17.3 Å². The third kappa shape index (κ3) is 2.67. The highest BCUT2D eigenvalue weighted by Gasteiger charge is 2.22. The Balaban J connectivity index is 1.65. The number of nitrogens with zero attached hydrogens (tertiary/aromatic N) is 4. The van der Waals surface area contributed by atoms with E-state index in [0.29, 0.717) is 5.92 Å². The number of hydrogen-bond acceptors (Lipinski definition) is 5. The highest BCUT2D eigenvalue weighted by Crippen LogP contribution is 2.23. The minimum absolute atomic E-state index is 0.675. The van der Waals surface area contributed by atoms with Gasteiger partial charge in [-0.2, -0.15) is 0 Å². The maximum atomic E-state index is 4.38. The van der Waals surface area contributed by atoms with Crippen molar-refractivity contribution in [2.75, 3.05) is 18.0 Å². The second-order valence-corrected chi connectivity index (χ2v) is 5.61. The Morgan fingerprint density at radius 1 is 1.22 bits per heavy atom. The molecule has 18 heavy (non-hydrogen) atoms. The molecule has 0 aliphatic carbocycles. The van der Waals surface area contributed by atoms with Crippen LogP contribution in [0.3, 0.4) is 0 Å². The molecule has 0 radical (unpaired) electrons. The van der Waals surface area contributed by atoms with Gasteiger partial charge in [-0.1, -0.05) is 0 Å². The lowest BCUT2D eigenvalue weighted by Crippen LogP contribution is -2.37. The maximum Gasteiger partial charge on any atom is 0.225 e. The van der Waals surface area contributed by atoms with Crippen molar-refractivity contribution in [3.8, 4) is 0 Å². The third-order valence-corrected chi connectivity index (χ3v) is 4.10. The monoisotopic (exact) mass is 260 g/mol. The molecule has 3 rings (SSSR count). The van der Waals surface area contributed by atoms with Gasteiger partial charge in [0.05, 0.1) is 5.01 Å². The third-order valence-electron chi connectivity index (χ3n) is 3.30. The molecule has 0 amide bonds. The second kappa shape index (κ2) is 5.44. The normalized spacial score (nSPS) is 20.0. The zero-order chi connectivity index (χ0) is 12.2. The molecule has 2 aromatic heterocycles. The number of hydrogen-bond donors (Lipinski definition) is 0. The summed E-state index contributed by atoms with van der Waals surface area (Å²) in [5.74, 6) is 1.54. The van der Waals surface area contributed by atoms with E-state index in [1.165, 1.54) is 17.8 Å². The standard InChI is InChI=1S/C13H16N4S/c1-3-11(9-12-14-6-8-18-12)10-17(7-1)13-15-4-2-5-16-13/h2,4-6,8,11H,1,3,7,9-10H2. The van der Waals surface area contributed by atoms with Crippen LogP contribution in [-0.4, -0.2) is 28.0 Å². The zero-order valence-corrected chi connectivity index (χ0v) is 11.0. The van der Waals surface area contributed by atoms with E-state index in [9.17, 15) is 0 Å². The Hall–Kier alpha value is -1.49. The Bertz CT molecular complexity index is 471. The molecule has 5 heteroatoms. The molecule has 0 saturated carbocycles. The van der Waals surface area contributed by atoms with Crippen LogP contribution in [0.2, 0.25) is 0 Å². The van der Waals surface area contributed by atoms with Gasteiger partial charge in [0.15, 0.2) is 0 Å². The summed E-state index contributed by atoms with van der Waals surface area (Å²) >= 11 is 1.75. The highest BCUT2D eigenvalue weighted by molar-refractivity contribution is 7.09. The van der Waals surface area contributed by atoms with Gasteiger partial charge in [-0.05, 0) is 24.8 Å². The van der Waals surface area contributed by atoms with Crippen LogP contribution >= 0.6 is 11.3 Å². The Labute approximate surface area is 111 Å². The number of anilines is 1. The van der Waals surface area contributed by atoms with Crippen LogP contribution in [0.5, 0.6) is 0 Å². The van der Waals surface area contributed by atoms with Crippen LogP contribution in [0.4, 0.5) is 5.95 Å². The summed E-state index contributed by atoms with van der Waals surface area (Å²) in [6.45, 7) is 2.11. The lowest BCUT2D eigenvalue weighted by Gasteiger charge is -2.32. The van der Waals surface area contributed by atoms with Gasteiger partial charge in [0, 0.05) is 43.5 Å². The van der Waals surface area contributed by atoms with Crippen LogP contribution < -0.4 is 4.90 Å². The van der Waals surface area contributed by atoms with Crippen molar-refractivity contribution in [3.63, 3.8) is 0 Å². The van der Waals surface area contributed by atoms with Gasteiger partial charge in [-0.3, -0.25) is 0 Å². The van der Waals surface area contributed by atoms with Gasteiger partial charge in [0.2, 0.25) is 5.95 Å². The van der Waals surface area contributed by atoms with E-state index in [0.717, 1.165) is 25.5 Å². The van der Waals surface area contributed by atoms with Gasteiger partial charge in [-0.15, -0.1) is 11.3 Å². The topological polar surface area (TPSA) is 41.9 Å². The van der Waals surface area contributed by atoms with E-state index in [4.69, 9.17) is 0 Å². The first kappa shape index (κ1) is 11.6. The summed E-state index contributed by atoms with van der Waals surface area (Å²) in [7, 11) is 0. The molecular weight excluding hydrogens is 244 g/mol. The van der Waals surface area contributed by atoms with Crippen molar-refractivity contribution in [2.24, 2.45) is 5.92 Å². The fourth-order valence-electron chi connectivity index (χ4n) is 2.47. The minimum Gasteiger partial charge on any atom is -0.341 e. The molecule has 1 aliphatic heterocycles. The lowest BCUT2D eigenvalue weighted by molar-refractivity contribution is 0.409. The SMILES string of the molecule is c1cnc(N2CCCC(Cc3nccs3)C2)nc1. The average molecular weight is 260 g/mol. The van der Waals surface area contributed by atoms with E-state index in [1.807, 2.05) is 24.7 Å². The molecule has 0 aromatic carbocycles. The van der Waals surface area contributed by atoms with Crippen molar-refractivity contribution in [1.82, 2.24) is 15.0 Å². The Morgan fingerprint density at radius 3 is 2.89 bits per heavy atom. The molecule has 1 unspecified atom stereocenters. The Kier molecular flexibility index (Phi) is 3.50. The first-order chi connectivity index (χ1) is 8.92. The van der Waals surface area contributed by atoms with Crippen LogP contribution in [0.25, 0.3) is 0 Å². The molecule has 1 fully saturated rings. The molecule has 3 heterocycles. The molecule has 0 bridgehead atoms. The molecule has 0 N–H and O–H groups in total. The van der Waals surface area contributed by atoms with E-state index in [1.54, 1.807) is 11.3 Å². The van der Waals surface area contributed by atoms with Gasteiger partial charge in [0.1, 0.15) is 0 Å². The summed E-state index contributed by atoms with van der Waals surface area (Å²) in [4.78, 5) is 15.3. The largest absolute Gasteiger partial charge is 0.341 e. The number of thiazole rings is 1. The molecule has 4 nitrogen and oxygen atoms in total. The van der Waals surface area contributed by atoms with Gasteiger partial charge in [-0.25, -0.2) is 15.0 Å². The van der Waals surface area contributed by atoms with Crippen LogP contribution in [0.15, 0.2) is 30.0 Å². The van der Waals surface area contributed by atoms with Crippen molar-refractivity contribution in [2.45, 2.75) is 19.3 Å². The molecule has 94 valence electrons. The Morgan fingerprint density at radius 2 is 2.11 bits per heavy atom. The average Bonchev–Trinajstić information content (AvgIpc) is 2.93. The predicted octanol–water partition coefficient (Wildman–Crippen LogP) is 2.39. The van der Waals surface area contributed by atoms with Crippen molar-refractivity contribution in [1.29, 1.82) is 0 Å². The van der Waals surface area contributed by atoms with Crippen LogP contribution in [0.1, 0.15) is 17.8 Å². The van der Waals surface area contributed by atoms with Crippen LogP contribution in [-0.2, 0) is 6.42 Å². The molecule has 1 saturated heterocycles. The number of piperidine rings is 1. The highest BCUT2D eigenvalue weighted by atomic mass is 32.1. The van der Waals surface area contributed by atoms with E-state index in [2.05, 4.69) is 25.2 Å². The fourth-order valence-corrected chi connectivity index (χ4v) is 3.20. The number of aromatic nitrogens is 3. The minimum atomic E-state index is 0.675. The first-order valence-electron chi connectivity index (χ1n) is 6.32. The smallest absolute Gasteiger partial charge is 0.225 e. The summed E-state index contributed by atoms with van der Waals surface area (Å²) < 4.78 is 0. The van der Waals surface area contributed by atoms with Crippen molar-refractivity contribution in [3.05, 3.63) is 35.0 Å². The van der Waals surface area contributed by atoms with E-state index < -0.39 is 0 Å². The molecule has 1 atom stereocenters. The second-order valence-electron chi connectivity index (χ2n) is 4.63. The maximum absolute atomic E-state index is 4.38. The lowest BCUT2D eigenvalue weighted by atomic mass is 9.95. The zero-order valence-electron chi connectivity index (χ0n) is 10.2. The van der Waals surface area contributed by atoms with Gasteiger partial charge in [0.25, 0.3) is 0 Å². The summed E-state index contributed by atoms with van der Waals surface area (Å²) in [6.07, 6.45) is 9.10. The number of rotatable bonds is 3. The van der Waals surface area contributed by atoms with Crippen molar-refractivity contribution < 1.29 is 0 Å². The quantitative estimate of drug-likeness (QED) is 0.850. The van der Waals surface area contributed by atoms with Gasteiger partial charge < -0.3 is 4.90 Å². The molecule has 2 aromatic rings. The summed E-state index contributed by atoms with van der Waals surface area (Å²) in [5, 5.41) is 3.30. The summed E-state index contributed by atoms with van der Waals surface area (Å²) in [5.41, 5.74) is 0. The fraction of sp³-hybridized carbons (Fsp3) is 0.462. The van der Waals surface area contributed by atoms with E-state index in [-0.39, 0.29) is 0 Å². The summed E-state index contributed by atoms with van der Waals surface area (Å²) in [6, 6.07) is 1.86. The predicted molar refractivity (Wildman–Crippen MR) is 72.8 cm³/mol. The molecule has 0 spiro atoms. The molecular formula is C13H16N4S.